The van der Waals surface area contributed by atoms with Crippen molar-refractivity contribution in [2.24, 2.45) is 0 Å². The van der Waals surface area contributed by atoms with Gasteiger partial charge in [0.25, 0.3) is 0 Å². The molecule has 1 unspecified atom stereocenters. The number of hydrogen-bond acceptors (Lipinski definition) is 4. The third-order valence-corrected chi connectivity index (χ3v) is 6.05. The fourth-order valence-electron chi connectivity index (χ4n) is 4.40. The Balaban J connectivity index is 1.97. The number of carboxylic acids is 2. The molecule has 170 valence electrons. The van der Waals surface area contributed by atoms with Gasteiger partial charge in [0.05, 0.1) is 29.9 Å². The summed E-state index contributed by atoms with van der Waals surface area (Å²) in [5.41, 5.74) is 4.21. The van der Waals surface area contributed by atoms with Crippen LogP contribution in [-0.4, -0.2) is 34.2 Å². The zero-order chi connectivity index (χ0) is 24.4. The third-order valence-electron chi connectivity index (χ3n) is 6.05. The van der Waals surface area contributed by atoms with E-state index in [1.165, 1.54) is 25.3 Å². The van der Waals surface area contributed by atoms with Crippen molar-refractivity contribution in [2.45, 2.75) is 19.3 Å². The van der Waals surface area contributed by atoms with E-state index in [0.29, 0.717) is 28.9 Å². The lowest BCUT2D eigenvalue weighted by Crippen LogP contribution is -2.07. The van der Waals surface area contributed by atoms with Crippen LogP contribution in [0.3, 0.4) is 0 Å². The average Bonchev–Trinajstić information content (AvgIpc) is 3.27. The van der Waals surface area contributed by atoms with Crippen molar-refractivity contribution in [3.63, 3.8) is 0 Å². The lowest BCUT2D eigenvalue weighted by atomic mass is 9.82. The van der Waals surface area contributed by atoms with E-state index in [1.807, 2.05) is 19.2 Å². The molecule has 4 rings (SSSR count). The molecule has 3 N–H and O–H groups in total. The first-order valence-corrected chi connectivity index (χ1v) is 10.7. The summed E-state index contributed by atoms with van der Waals surface area (Å²) in [6.07, 6.45) is 2.58. The number of rotatable bonds is 7. The van der Waals surface area contributed by atoms with Gasteiger partial charge in [0.15, 0.2) is 0 Å². The molecule has 0 spiro atoms. The van der Waals surface area contributed by atoms with E-state index in [0.717, 1.165) is 22.0 Å². The summed E-state index contributed by atoms with van der Waals surface area (Å²) < 4.78 is 5.20. The molecule has 0 aliphatic carbocycles. The number of aromatic carboxylic acids is 2. The molecule has 1 aromatic heterocycles. The fourth-order valence-corrected chi connectivity index (χ4v) is 4.40. The van der Waals surface area contributed by atoms with Crippen molar-refractivity contribution in [1.29, 1.82) is 5.26 Å². The van der Waals surface area contributed by atoms with E-state index in [2.05, 4.69) is 11.1 Å². The number of fused-ring (bicyclic) bond motifs is 1. The number of nitrogens with one attached hydrogen (secondary N) is 1. The summed E-state index contributed by atoms with van der Waals surface area (Å²) in [7, 11) is 1.46. The maximum atomic E-state index is 12.1. The predicted molar refractivity (Wildman–Crippen MR) is 127 cm³/mol. The van der Waals surface area contributed by atoms with Crippen molar-refractivity contribution in [1.82, 2.24) is 4.98 Å². The summed E-state index contributed by atoms with van der Waals surface area (Å²) >= 11 is 0. The Hall–Kier alpha value is -4.57. The van der Waals surface area contributed by atoms with Crippen LogP contribution in [0.4, 0.5) is 0 Å². The maximum absolute atomic E-state index is 12.1. The number of carbonyl (C=O) groups is 2. The molecule has 0 saturated carbocycles. The van der Waals surface area contributed by atoms with Gasteiger partial charge in [0.2, 0.25) is 0 Å². The number of benzene rings is 3. The highest BCUT2D eigenvalue weighted by Crippen LogP contribution is 2.40. The standard InChI is InChI=1S/C27H22N2O5/c1-3-18(24-14-29-25-10-15(13-28)4-7-21(24)25)19-8-5-16(26(30)31)11-22(19)20-9-6-17(34-2)12-23(20)27(32)33/h4-12,14,18,29H,3H2,1-2H3,(H,30,31)(H,32,33). The number of H-pyrrole nitrogens is 1. The number of nitriles is 1. The zero-order valence-corrected chi connectivity index (χ0v) is 18.6. The smallest absolute Gasteiger partial charge is 0.336 e. The monoisotopic (exact) mass is 454 g/mol. The summed E-state index contributed by atoms with van der Waals surface area (Å²) in [5, 5.41) is 29.7. The Morgan fingerprint density at radius 1 is 1.00 bits per heavy atom. The second kappa shape index (κ2) is 9.12. The van der Waals surface area contributed by atoms with E-state index < -0.39 is 11.9 Å². The molecule has 1 heterocycles. The first kappa shape index (κ1) is 22.6. The summed E-state index contributed by atoms with van der Waals surface area (Å²) in [5.74, 6) is -1.98. The normalized spacial score (nSPS) is 11.7. The van der Waals surface area contributed by atoms with Crippen LogP contribution in [-0.2, 0) is 0 Å². The number of carboxylic acid groups (broad SMARTS) is 2. The molecule has 0 radical (unpaired) electrons. The molecule has 0 aliphatic rings. The molecule has 3 aromatic carbocycles. The Labute approximate surface area is 195 Å². The second-order valence-electron chi connectivity index (χ2n) is 7.90. The minimum atomic E-state index is -1.13. The van der Waals surface area contributed by atoms with Crippen LogP contribution in [0.1, 0.15) is 56.7 Å². The topological polar surface area (TPSA) is 123 Å². The van der Waals surface area contributed by atoms with Crippen LogP contribution in [0.15, 0.2) is 60.8 Å². The number of methoxy groups -OCH3 is 1. The molecule has 0 saturated heterocycles. The van der Waals surface area contributed by atoms with Crippen molar-refractivity contribution in [3.05, 3.63) is 88.6 Å². The molecule has 0 bridgehead atoms. The Morgan fingerprint density at radius 2 is 1.79 bits per heavy atom. The van der Waals surface area contributed by atoms with Crippen LogP contribution in [0.5, 0.6) is 5.75 Å². The summed E-state index contributed by atoms with van der Waals surface area (Å²) in [4.78, 5) is 27.1. The molecule has 0 aliphatic heterocycles. The first-order valence-electron chi connectivity index (χ1n) is 10.7. The van der Waals surface area contributed by atoms with Gasteiger partial charge in [-0.25, -0.2) is 9.59 Å². The minimum absolute atomic E-state index is 0.0237. The molecule has 0 fully saturated rings. The highest BCUT2D eigenvalue weighted by atomic mass is 16.5. The molecule has 7 heteroatoms. The van der Waals surface area contributed by atoms with Gasteiger partial charge in [0, 0.05) is 23.0 Å². The van der Waals surface area contributed by atoms with E-state index in [1.54, 1.807) is 30.3 Å². The zero-order valence-electron chi connectivity index (χ0n) is 18.6. The molecule has 1 atom stereocenters. The highest BCUT2D eigenvalue weighted by molar-refractivity contribution is 5.99. The molecule has 34 heavy (non-hydrogen) atoms. The molecule has 0 amide bonds. The molecular formula is C27H22N2O5. The van der Waals surface area contributed by atoms with E-state index in [4.69, 9.17) is 4.74 Å². The van der Waals surface area contributed by atoms with Crippen molar-refractivity contribution in [3.8, 4) is 22.9 Å². The van der Waals surface area contributed by atoms with Gasteiger partial charge in [-0.2, -0.15) is 5.26 Å². The summed E-state index contributed by atoms with van der Waals surface area (Å²) in [6, 6.07) is 17.1. The van der Waals surface area contributed by atoms with Gasteiger partial charge in [-0.1, -0.05) is 19.1 Å². The minimum Gasteiger partial charge on any atom is -0.497 e. The van der Waals surface area contributed by atoms with Gasteiger partial charge >= 0.3 is 11.9 Å². The first-order chi connectivity index (χ1) is 16.4. The predicted octanol–water partition coefficient (Wildman–Crippen LogP) is 5.65. The van der Waals surface area contributed by atoms with E-state index >= 15 is 0 Å². The van der Waals surface area contributed by atoms with E-state index in [9.17, 15) is 25.1 Å². The Bertz CT molecular complexity index is 1460. The van der Waals surface area contributed by atoms with Gasteiger partial charge in [-0.05, 0) is 71.1 Å². The SMILES string of the molecule is CCC(c1ccc(C(=O)O)cc1-c1ccc(OC)cc1C(=O)O)c1c[nH]c2cc(C#N)ccc12. The maximum Gasteiger partial charge on any atom is 0.336 e. The molecular weight excluding hydrogens is 432 g/mol. The average molecular weight is 454 g/mol. The number of ether oxygens (including phenoxy) is 1. The fraction of sp³-hybridized carbons (Fsp3) is 0.148. The molecule has 7 nitrogen and oxygen atoms in total. The van der Waals surface area contributed by atoms with Crippen molar-refractivity contribution < 1.29 is 24.5 Å². The lowest BCUT2D eigenvalue weighted by Gasteiger charge is -2.21. The quantitative estimate of drug-likeness (QED) is 0.331. The van der Waals surface area contributed by atoms with Gasteiger partial charge in [0.1, 0.15) is 5.75 Å². The van der Waals surface area contributed by atoms with Crippen LogP contribution in [0.25, 0.3) is 22.0 Å². The second-order valence-corrected chi connectivity index (χ2v) is 7.90. The van der Waals surface area contributed by atoms with Gasteiger partial charge in [-0.15, -0.1) is 0 Å². The van der Waals surface area contributed by atoms with Gasteiger partial charge in [-0.3, -0.25) is 0 Å². The van der Waals surface area contributed by atoms with Crippen molar-refractivity contribution in [2.75, 3.05) is 7.11 Å². The van der Waals surface area contributed by atoms with Crippen LogP contribution < -0.4 is 4.74 Å². The van der Waals surface area contributed by atoms with Crippen molar-refractivity contribution >= 4 is 22.8 Å². The number of nitrogens with zero attached hydrogens (tertiary/aromatic N) is 1. The number of aromatic nitrogens is 1. The largest absolute Gasteiger partial charge is 0.497 e. The lowest BCUT2D eigenvalue weighted by molar-refractivity contribution is 0.0687. The third kappa shape index (κ3) is 3.97. The van der Waals surface area contributed by atoms with Crippen LogP contribution >= 0.6 is 0 Å². The van der Waals surface area contributed by atoms with Crippen LogP contribution in [0, 0.1) is 11.3 Å². The van der Waals surface area contributed by atoms with Gasteiger partial charge < -0.3 is 19.9 Å². The Kier molecular flexibility index (Phi) is 6.07. The summed E-state index contributed by atoms with van der Waals surface area (Å²) in [6.45, 7) is 2.02. The molecule has 4 aromatic rings. The number of aromatic amines is 1. The Morgan fingerprint density at radius 3 is 2.44 bits per heavy atom. The number of hydrogen-bond donors (Lipinski definition) is 3. The van der Waals surface area contributed by atoms with Crippen LogP contribution in [0.2, 0.25) is 0 Å². The van der Waals surface area contributed by atoms with E-state index in [-0.39, 0.29) is 17.0 Å². The highest BCUT2D eigenvalue weighted by Gasteiger charge is 2.24.